The maximum Gasteiger partial charge on any atom is 0.397 e. The molecule has 1 saturated heterocycles. The van der Waals surface area contributed by atoms with Crippen LogP contribution < -0.4 is 10.2 Å². The van der Waals surface area contributed by atoms with E-state index in [1.165, 1.54) is 11.3 Å². The Morgan fingerprint density at radius 2 is 1.80 bits per heavy atom. The SMILES string of the molecule is Cc1ccc(Cl)cc1N1CCN(CC[C@H]2CC[C@H](NC(=O)CC(F)(F)F)CC2)CC1. The molecule has 1 saturated carbocycles. The summed E-state index contributed by atoms with van der Waals surface area (Å²) in [5, 5.41) is 3.31. The number of benzene rings is 1. The summed E-state index contributed by atoms with van der Waals surface area (Å²) in [6.45, 7) is 7.18. The summed E-state index contributed by atoms with van der Waals surface area (Å²) in [6.07, 6.45) is -1.22. The number of piperazine rings is 1. The Kier molecular flexibility index (Phi) is 7.91. The zero-order valence-electron chi connectivity index (χ0n) is 17.5. The molecule has 1 N–H and O–H groups in total. The number of alkyl halides is 3. The highest BCUT2D eigenvalue weighted by Gasteiger charge is 2.32. The lowest BCUT2D eigenvalue weighted by atomic mass is 9.84. The molecule has 30 heavy (non-hydrogen) atoms. The van der Waals surface area contributed by atoms with E-state index in [9.17, 15) is 18.0 Å². The van der Waals surface area contributed by atoms with E-state index >= 15 is 0 Å². The maximum atomic E-state index is 12.3. The van der Waals surface area contributed by atoms with Gasteiger partial charge in [-0.05, 0) is 69.2 Å². The van der Waals surface area contributed by atoms with Crippen molar-refractivity contribution in [2.75, 3.05) is 37.6 Å². The number of hydrogen-bond donors (Lipinski definition) is 1. The van der Waals surface area contributed by atoms with Crippen LogP contribution in [0.2, 0.25) is 5.02 Å². The second-order valence-electron chi connectivity index (χ2n) is 8.63. The van der Waals surface area contributed by atoms with Gasteiger partial charge in [0.25, 0.3) is 0 Å². The van der Waals surface area contributed by atoms with Gasteiger partial charge in [0.05, 0.1) is 0 Å². The monoisotopic (exact) mass is 445 g/mol. The predicted octanol–water partition coefficient (Wildman–Crippen LogP) is 4.79. The molecule has 0 atom stereocenters. The van der Waals surface area contributed by atoms with E-state index in [-0.39, 0.29) is 6.04 Å². The fraction of sp³-hybridized carbons (Fsp3) is 0.682. The van der Waals surface area contributed by atoms with Crippen LogP contribution in [0.25, 0.3) is 0 Å². The molecule has 4 nitrogen and oxygen atoms in total. The summed E-state index contributed by atoms with van der Waals surface area (Å²) in [5.41, 5.74) is 2.46. The van der Waals surface area contributed by atoms with Crippen LogP contribution in [0.1, 0.15) is 44.1 Å². The van der Waals surface area contributed by atoms with Crippen molar-refractivity contribution in [3.63, 3.8) is 0 Å². The van der Waals surface area contributed by atoms with Crippen molar-refractivity contribution in [2.45, 2.75) is 57.7 Å². The predicted molar refractivity (Wildman–Crippen MR) is 114 cm³/mol. The van der Waals surface area contributed by atoms with Crippen molar-refractivity contribution in [1.29, 1.82) is 0 Å². The first-order valence-corrected chi connectivity index (χ1v) is 11.2. The number of anilines is 1. The van der Waals surface area contributed by atoms with Crippen LogP contribution >= 0.6 is 11.6 Å². The average Bonchev–Trinajstić information content (AvgIpc) is 2.68. The molecule has 1 aliphatic carbocycles. The van der Waals surface area contributed by atoms with Gasteiger partial charge in [0.2, 0.25) is 5.91 Å². The van der Waals surface area contributed by atoms with Crippen molar-refractivity contribution in [3.8, 4) is 0 Å². The second-order valence-corrected chi connectivity index (χ2v) is 9.06. The Morgan fingerprint density at radius 1 is 1.13 bits per heavy atom. The molecular weight excluding hydrogens is 415 g/mol. The number of aryl methyl sites for hydroxylation is 1. The Balaban J connectivity index is 1.34. The topological polar surface area (TPSA) is 35.6 Å². The summed E-state index contributed by atoms with van der Waals surface area (Å²) >= 11 is 6.16. The van der Waals surface area contributed by atoms with Crippen LogP contribution in [0.3, 0.4) is 0 Å². The summed E-state index contributed by atoms with van der Waals surface area (Å²) in [5.74, 6) is -0.312. The normalized spacial score (nSPS) is 23.4. The third kappa shape index (κ3) is 7.05. The van der Waals surface area contributed by atoms with Gasteiger partial charge in [-0.3, -0.25) is 9.69 Å². The molecule has 168 valence electrons. The van der Waals surface area contributed by atoms with Gasteiger partial charge < -0.3 is 10.2 Å². The van der Waals surface area contributed by atoms with Crippen molar-refractivity contribution in [1.82, 2.24) is 10.2 Å². The number of rotatable bonds is 6. The van der Waals surface area contributed by atoms with Gasteiger partial charge in [0.1, 0.15) is 6.42 Å². The number of nitrogens with one attached hydrogen (secondary N) is 1. The first kappa shape index (κ1) is 23.2. The van der Waals surface area contributed by atoms with E-state index in [1.807, 2.05) is 12.1 Å². The minimum absolute atomic E-state index is 0.111. The average molecular weight is 446 g/mol. The van der Waals surface area contributed by atoms with Crippen molar-refractivity contribution in [3.05, 3.63) is 28.8 Å². The zero-order chi connectivity index (χ0) is 21.7. The van der Waals surface area contributed by atoms with E-state index < -0.39 is 18.5 Å². The number of nitrogens with zero attached hydrogens (tertiary/aromatic N) is 2. The van der Waals surface area contributed by atoms with Gasteiger partial charge in [0, 0.05) is 42.9 Å². The Labute approximate surface area is 181 Å². The summed E-state index contributed by atoms with van der Waals surface area (Å²) < 4.78 is 36.8. The number of carbonyl (C=O) groups excluding carboxylic acids is 1. The Morgan fingerprint density at radius 3 is 2.43 bits per heavy atom. The lowest BCUT2D eigenvalue weighted by Crippen LogP contribution is -2.47. The molecule has 8 heteroatoms. The van der Waals surface area contributed by atoms with E-state index in [0.29, 0.717) is 5.92 Å². The molecular formula is C22H31ClF3N3O. The van der Waals surface area contributed by atoms with Gasteiger partial charge in [0.15, 0.2) is 0 Å². The van der Waals surface area contributed by atoms with Gasteiger partial charge in [-0.15, -0.1) is 0 Å². The summed E-state index contributed by atoms with van der Waals surface area (Å²) in [6, 6.07) is 5.91. The van der Waals surface area contributed by atoms with Crippen LogP contribution in [0.5, 0.6) is 0 Å². The third-order valence-corrected chi connectivity index (χ3v) is 6.55. The highest BCUT2D eigenvalue weighted by Crippen LogP contribution is 2.29. The Bertz CT molecular complexity index is 712. The van der Waals surface area contributed by atoms with Gasteiger partial charge in [-0.2, -0.15) is 13.2 Å². The molecule has 1 aliphatic heterocycles. The summed E-state index contributed by atoms with van der Waals surface area (Å²) in [7, 11) is 0. The first-order chi connectivity index (χ1) is 14.2. The van der Waals surface area contributed by atoms with Crippen LogP contribution in [0.15, 0.2) is 18.2 Å². The quantitative estimate of drug-likeness (QED) is 0.684. The van der Waals surface area contributed by atoms with Crippen molar-refractivity contribution >= 4 is 23.2 Å². The fourth-order valence-corrected chi connectivity index (χ4v) is 4.72. The lowest BCUT2D eigenvalue weighted by Gasteiger charge is -2.38. The van der Waals surface area contributed by atoms with E-state index in [1.54, 1.807) is 0 Å². The molecule has 2 fully saturated rings. The second kappa shape index (κ2) is 10.2. The highest BCUT2D eigenvalue weighted by molar-refractivity contribution is 6.30. The van der Waals surface area contributed by atoms with Gasteiger partial charge >= 0.3 is 6.18 Å². The molecule has 1 amide bonds. The van der Waals surface area contributed by atoms with Crippen LogP contribution in [0.4, 0.5) is 18.9 Å². The number of hydrogen-bond acceptors (Lipinski definition) is 3. The molecule has 0 bridgehead atoms. The lowest BCUT2D eigenvalue weighted by molar-refractivity contribution is -0.154. The highest BCUT2D eigenvalue weighted by atomic mass is 35.5. The number of amides is 1. The van der Waals surface area contributed by atoms with E-state index in [0.717, 1.165) is 69.9 Å². The molecule has 1 aromatic rings. The minimum atomic E-state index is -4.43. The van der Waals surface area contributed by atoms with E-state index in [4.69, 9.17) is 11.6 Å². The van der Waals surface area contributed by atoms with E-state index in [2.05, 4.69) is 28.1 Å². The van der Waals surface area contributed by atoms with Crippen molar-refractivity contribution in [2.24, 2.45) is 5.92 Å². The molecule has 1 heterocycles. The summed E-state index contributed by atoms with van der Waals surface area (Å²) in [4.78, 5) is 16.3. The fourth-order valence-electron chi connectivity index (χ4n) is 4.56. The molecule has 0 radical (unpaired) electrons. The number of halogens is 4. The zero-order valence-corrected chi connectivity index (χ0v) is 18.2. The largest absolute Gasteiger partial charge is 0.397 e. The molecule has 0 spiro atoms. The molecule has 2 aliphatic rings. The smallest absolute Gasteiger partial charge is 0.369 e. The molecule has 0 aromatic heterocycles. The van der Waals surface area contributed by atoms with Crippen LogP contribution in [-0.2, 0) is 4.79 Å². The molecule has 1 aromatic carbocycles. The first-order valence-electron chi connectivity index (χ1n) is 10.8. The number of carbonyl (C=O) groups is 1. The molecule has 3 rings (SSSR count). The van der Waals surface area contributed by atoms with Crippen molar-refractivity contribution < 1.29 is 18.0 Å². The Hall–Kier alpha value is -1.47. The minimum Gasteiger partial charge on any atom is -0.369 e. The van der Waals surface area contributed by atoms with Gasteiger partial charge in [-0.25, -0.2) is 0 Å². The van der Waals surface area contributed by atoms with Crippen LogP contribution in [-0.4, -0.2) is 55.7 Å². The standard InChI is InChI=1S/C22H31ClF3N3O/c1-16-2-5-18(23)14-20(16)29-12-10-28(11-13-29)9-8-17-3-6-19(7-4-17)27-21(30)15-22(24,25)26/h2,5,14,17,19H,3-4,6-13,15H2,1H3,(H,27,30)/t17-,19-. The van der Waals surface area contributed by atoms with Crippen LogP contribution in [0, 0.1) is 12.8 Å². The van der Waals surface area contributed by atoms with Gasteiger partial charge in [-0.1, -0.05) is 17.7 Å². The maximum absolute atomic E-state index is 12.3. The molecule has 0 unspecified atom stereocenters. The third-order valence-electron chi connectivity index (χ3n) is 6.31.